The molecule has 10 nitrogen and oxygen atoms in total. The zero-order valence-corrected chi connectivity index (χ0v) is 13.6. The van der Waals surface area contributed by atoms with E-state index in [1.54, 1.807) is 19.1 Å². The molecule has 0 saturated carbocycles. The van der Waals surface area contributed by atoms with Gasteiger partial charge in [0.2, 0.25) is 0 Å². The number of hydrazone groups is 1. The Morgan fingerprint density at radius 1 is 1.40 bits per heavy atom. The average Bonchev–Trinajstić information content (AvgIpc) is 3.16. The number of aryl methyl sites for hydroxylation is 1. The van der Waals surface area contributed by atoms with Crippen molar-refractivity contribution >= 4 is 29.5 Å². The van der Waals surface area contributed by atoms with E-state index in [0.29, 0.717) is 22.9 Å². The molecule has 3 aromatic rings. The summed E-state index contributed by atoms with van der Waals surface area (Å²) >= 11 is 6.08. The molecular weight excluding hydrogens is 350 g/mol. The van der Waals surface area contributed by atoms with Crippen LogP contribution < -0.4 is 11.3 Å². The molecule has 3 rings (SSSR count). The Bertz CT molecular complexity index is 963. The first-order valence-electron chi connectivity index (χ1n) is 6.96. The summed E-state index contributed by atoms with van der Waals surface area (Å²) in [4.78, 5) is 10.2. The number of benzene rings is 1. The van der Waals surface area contributed by atoms with Crippen LogP contribution in [-0.4, -0.2) is 26.0 Å². The van der Waals surface area contributed by atoms with Crippen LogP contribution in [0.1, 0.15) is 11.6 Å². The molecule has 0 unspecified atom stereocenters. The Hall–Kier alpha value is -3.40. The van der Waals surface area contributed by atoms with Crippen molar-refractivity contribution in [3.8, 4) is 11.3 Å². The standard InChI is InChI=1S/C14H12ClN7O3/c1-8-18-20-14(21(8)16)19-17-7-10-3-5-13(25-10)11-4-2-9(22(23)24)6-12(11)15/h2-7H,16H2,1H3,(H,19,20)/b17-7-. The molecule has 0 amide bonds. The quantitative estimate of drug-likeness (QED) is 0.308. The first-order valence-corrected chi connectivity index (χ1v) is 7.34. The summed E-state index contributed by atoms with van der Waals surface area (Å²) in [5.74, 6) is 7.39. The van der Waals surface area contributed by atoms with Crippen LogP contribution >= 0.6 is 11.6 Å². The number of non-ortho nitro benzene ring substituents is 1. The lowest BCUT2D eigenvalue weighted by atomic mass is 10.1. The second-order valence-corrected chi connectivity index (χ2v) is 5.34. The average molecular weight is 362 g/mol. The molecule has 0 atom stereocenters. The van der Waals surface area contributed by atoms with Crippen molar-refractivity contribution < 1.29 is 9.34 Å². The minimum atomic E-state index is -0.514. The SMILES string of the molecule is Cc1nnc(N/N=C\c2ccc(-c3ccc([N+](=O)[O-])cc3Cl)o2)n1N. The van der Waals surface area contributed by atoms with Crippen LogP contribution in [-0.2, 0) is 0 Å². The van der Waals surface area contributed by atoms with Crippen molar-refractivity contribution in [1.82, 2.24) is 14.9 Å². The summed E-state index contributed by atoms with van der Waals surface area (Å²) in [6, 6.07) is 7.51. The molecule has 0 aliphatic rings. The van der Waals surface area contributed by atoms with Crippen molar-refractivity contribution in [3.63, 3.8) is 0 Å². The molecule has 0 aliphatic heterocycles. The molecule has 2 heterocycles. The van der Waals surface area contributed by atoms with E-state index in [0.717, 1.165) is 0 Å². The zero-order valence-electron chi connectivity index (χ0n) is 12.9. The summed E-state index contributed by atoms with van der Waals surface area (Å²) < 4.78 is 6.86. The molecule has 0 bridgehead atoms. The van der Waals surface area contributed by atoms with Gasteiger partial charge in [-0.1, -0.05) is 11.6 Å². The second kappa shape index (κ2) is 6.61. The van der Waals surface area contributed by atoms with E-state index in [9.17, 15) is 10.1 Å². The van der Waals surface area contributed by atoms with Gasteiger partial charge in [-0.2, -0.15) is 5.10 Å². The Morgan fingerprint density at radius 3 is 2.84 bits per heavy atom. The number of furan rings is 1. The summed E-state index contributed by atoms with van der Waals surface area (Å²) in [6.07, 6.45) is 1.42. The highest BCUT2D eigenvalue weighted by molar-refractivity contribution is 6.33. The van der Waals surface area contributed by atoms with Gasteiger partial charge < -0.3 is 10.3 Å². The van der Waals surface area contributed by atoms with Gasteiger partial charge in [0.15, 0.2) is 5.82 Å². The minimum Gasteiger partial charge on any atom is -0.455 e. The Balaban J connectivity index is 1.75. The highest BCUT2D eigenvalue weighted by Crippen LogP contribution is 2.32. The molecule has 0 spiro atoms. The first kappa shape index (κ1) is 16.5. The fraction of sp³-hybridized carbons (Fsp3) is 0.0714. The second-order valence-electron chi connectivity index (χ2n) is 4.93. The van der Waals surface area contributed by atoms with Crippen molar-refractivity contribution in [2.45, 2.75) is 6.92 Å². The van der Waals surface area contributed by atoms with Gasteiger partial charge in [0.25, 0.3) is 11.6 Å². The Kier molecular flexibility index (Phi) is 4.35. The van der Waals surface area contributed by atoms with E-state index in [-0.39, 0.29) is 16.7 Å². The van der Waals surface area contributed by atoms with Crippen molar-refractivity contribution in [2.75, 3.05) is 11.3 Å². The monoisotopic (exact) mass is 361 g/mol. The molecule has 0 fully saturated rings. The van der Waals surface area contributed by atoms with Crippen LogP contribution in [0.15, 0.2) is 39.9 Å². The van der Waals surface area contributed by atoms with Crippen LogP contribution in [0.2, 0.25) is 5.02 Å². The maximum atomic E-state index is 10.7. The van der Waals surface area contributed by atoms with E-state index in [1.165, 1.54) is 29.1 Å². The van der Waals surface area contributed by atoms with Gasteiger partial charge in [-0.15, -0.1) is 10.2 Å². The topological polar surface area (TPSA) is 137 Å². The van der Waals surface area contributed by atoms with Crippen molar-refractivity contribution in [3.05, 3.63) is 57.1 Å². The lowest BCUT2D eigenvalue weighted by Gasteiger charge is -2.00. The fourth-order valence-electron chi connectivity index (χ4n) is 1.98. The van der Waals surface area contributed by atoms with Crippen LogP contribution in [0.4, 0.5) is 11.6 Å². The first-order chi connectivity index (χ1) is 12.0. The predicted molar refractivity (Wildman–Crippen MR) is 91.9 cm³/mol. The summed E-state index contributed by atoms with van der Waals surface area (Å²) in [5.41, 5.74) is 3.08. The van der Waals surface area contributed by atoms with E-state index < -0.39 is 4.92 Å². The molecule has 11 heteroatoms. The number of nitrogens with zero attached hydrogens (tertiary/aromatic N) is 5. The van der Waals surface area contributed by atoms with E-state index in [2.05, 4.69) is 20.7 Å². The van der Waals surface area contributed by atoms with Gasteiger partial charge in [-0.25, -0.2) is 10.1 Å². The van der Waals surface area contributed by atoms with E-state index in [1.807, 2.05) is 0 Å². The van der Waals surface area contributed by atoms with Crippen LogP contribution in [0.3, 0.4) is 0 Å². The third-order valence-electron chi connectivity index (χ3n) is 3.28. The fourth-order valence-corrected chi connectivity index (χ4v) is 2.25. The number of nitro groups is 1. The third-order valence-corrected chi connectivity index (χ3v) is 3.59. The number of aromatic nitrogens is 3. The van der Waals surface area contributed by atoms with Crippen LogP contribution in [0.25, 0.3) is 11.3 Å². The summed E-state index contributed by atoms with van der Waals surface area (Å²) in [7, 11) is 0. The maximum Gasteiger partial charge on any atom is 0.270 e. The van der Waals surface area contributed by atoms with Gasteiger partial charge in [-0.05, 0) is 25.1 Å². The number of anilines is 1. The predicted octanol–water partition coefficient (Wildman–Crippen LogP) is 2.57. The normalized spacial score (nSPS) is 11.1. The Morgan fingerprint density at radius 2 is 2.20 bits per heavy atom. The number of rotatable bonds is 5. The van der Waals surface area contributed by atoms with Gasteiger partial charge in [0.05, 0.1) is 16.2 Å². The third kappa shape index (κ3) is 3.43. The lowest BCUT2D eigenvalue weighted by Crippen LogP contribution is -2.13. The molecular formula is C14H12ClN7O3. The highest BCUT2D eigenvalue weighted by Gasteiger charge is 2.13. The molecule has 1 aromatic carbocycles. The number of hydrogen-bond acceptors (Lipinski definition) is 8. The number of halogens is 1. The lowest BCUT2D eigenvalue weighted by molar-refractivity contribution is -0.384. The minimum absolute atomic E-state index is 0.0903. The number of hydrogen-bond donors (Lipinski definition) is 2. The number of nitrogen functional groups attached to an aromatic ring is 1. The smallest absolute Gasteiger partial charge is 0.270 e. The van der Waals surface area contributed by atoms with Gasteiger partial charge in [0, 0.05) is 17.7 Å². The summed E-state index contributed by atoms with van der Waals surface area (Å²) in [6.45, 7) is 1.70. The molecule has 0 saturated heterocycles. The number of nitrogens with two attached hydrogens (primary N) is 1. The molecule has 0 radical (unpaired) electrons. The highest BCUT2D eigenvalue weighted by atomic mass is 35.5. The van der Waals surface area contributed by atoms with Gasteiger partial charge in [-0.3, -0.25) is 10.1 Å². The number of nitrogens with one attached hydrogen (secondary N) is 1. The maximum absolute atomic E-state index is 10.7. The van der Waals surface area contributed by atoms with Crippen molar-refractivity contribution in [2.24, 2.45) is 5.10 Å². The van der Waals surface area contributed by atoms with Crippen LogP contribution in [0, 0.1) is 17.0 Å². The van der Waals surface area contributed by atoms with E-state index >= 15 is 0 Å². The molecule has 3 N–H and O–H groups in total. The summed E-state index contributed by atoms with van der Waals surface area (Å²) in [5, 5.41) is 22.5. The van der Waals surface area contributed by atoms with Crippen molar-refractivity contribution in [1.29, 1.82) is 0 Å². The van der Waals surface area contributed by atoms with Crippen LogP contribution in [0.5, 0.6) is 0 Å². The molecule has 25 heavy (non-hydrogen) atoms. The molecule has 2 aromatic heterocycles. The molecule has 0 aliphatic carbocycles. The largest absolute Gasteiger partial charge is 0.455 e. The zero-order chi connectivity index (χ0) is 18.0. The molecule has 128 valence electrons. The number of nitro benzene ring substituents is 1. The Labute approximate surface area is 146 Å². The van der Waals surface area contributed by atoms with Gasteiger partial charge >= 0.3 is 0 Å². The van der Waals surface area contributed by atoms with E-state index in [4.69, 9.17) is 21.9 Å². The van der Waals surface area contributed by atoms with Gasteiger partial charge in [0.1, 0.15) is 11.5 Å².